The highest BCUT2D eigenvalue weighted by atomic mass is 16.5. The Balaban J connectivity index is 3.23. The van der Waals surface area contributed by atoms with E-state index < -0.39 is 0 Å². The van der Waals surface area contributed by atoms with Crippen LogP contribution in [0, 0.1) is 0 Å². The summed E-state index contributed by atoms with van der Waals surface area (Å²) in [6.45, 7) is 3.89. The second kappa shape index (κ2) is 13.9. The Morgan fingerprint density at radius 3 is 1.84 bits per heavy atom. The van der Waals surface area contributed by atoms with E-state index in [0.29, 0.717) is 6.61 Å². The second-order valence-electron chi connectivity index (χ2n) is 5.33. The molecule has 1 atom stereocenters. The number of aliphatic hydroxyl groups is 1. The monoisotopic (exact) mass is 272 g/mol. The van der Waals surface area contributed by atoms with E-state index in [-0.39, 0.29) is 12.1 Å². The van der Waals surface area contributed by atoms with Crippen LogP contribution >= 0.6 is 0 Å². The highest BCUT2D eigenvalue weighted by Gasteiger charge is 2.08. The summed E-state index contributed by atoms with van der Waals surface area (Å²) in [5.74, 6) is -0.158. The lowest BCUT2D eigenvalue weighted by Crippen LogP contribution is -2.14. The quantitative estimate of drug-likeness (QED) is 0.403. The molecule has 0 fully saturated rings. The van der Waals surface area contributed by atoms with Gasteiger partial charge in [0.1, 0.15) is 6.10 Å². The summed E-state index contributed by atoms with van der Waals surface area (Å²) in [7, 11) is 0. The van der Waals surface area contributed by atoms with Crippen LogP contribution in [0.1, 0.15) is 84.5 Å². The third-order valence-corrected chi connectivity index (χ3v) is 3.47. The van der Waals surface area contributed by atoms with Gasteiger partial charge in [-0.1, -0.05) is 51.9 Å². The molecule has 0 heterocycles. The summed E-state index contributed by atoms with van der Waals surface area (Å²) in [5, 5.41) is 8.65. The van der Waals surface area contributed by atoms with E-state index in [1.807, 2.05) is 0 Å². The van der Waals surface area contributed by atoms with Gasteiger partial charge in [0.25, 0.3) is 0 Å². The first-order chi connectivity index (χ1) is 9.20. The fraction of sp³-hybridized carbons (Fsp3) is 0.938. The average molecular weight is 272 g/mol. The van der Waals surface area contributed by atoms with E-state index in [2.05, 4.69) is 6.92 Å². The first kappa shape index (κ1) is 18.4. The van der Waals surface area contributed by atoms with Crippen molar-refractivity contribution in [1.82, 2.24) is 0 Å². The Morgan fingerprint density at radius 1 is 0.947 bits per heavy atom. The molecule has 1 N–H and O–H groups in total. The van der Waals surface area contributed by atoms with Gasteiger partial charge >= 0.3 is 5.97 Å². The molecule has 3 nitrogen and oxygen atoms in total. The summed E-state index contributed by atoms with van der Waals surface area (Å²) in [4.78, 5) is 10.9. The van der Waals surface area contributed by atoms with Crippen molar-refractivity contribution in [1.29, 1.82) is 0 Å². The lowest BCUT2D eigenvalue weighted by atomic mass is 10.0. The Hall–Kier alpha value is -0.570. The van der Waals surface area contributed by atoms with Crippen LogP contribution in [0.2, 0.25) is 0 Å². The van der Waals surface area contributed by atoms with Crippen LogP contribution < -0.4 is 0 Å². The standard InChI is InChI=1S/C16H32O3/c1-3-16(19-15(2)18)13-11-9-7-5-4-6-8-10-12-14-17/h16-17H,3-14H2,1-2H3. The second-order valence-corrected chi connectivity index (χ2v) is 5.33. The van der Waals surface area contributed by atoms with Gasteiger partial charge in [0.15, 0.2) is 0 Å². The molecule has 0 amide bonds. The highest BCUT2D eigenvalue weighted by molar-refractivity contribution is 5.66. The zero-order valence-electron chi connectivity index (χ0n) is 12.8. The third kappa shape index (κ3) is 13.7. The molecular formula is C16H32O3. The average Bonchev–Trinajstić information content (AvgIpc) is 2.39. The normalized spacial score (nSPS) is 12.4. The molecule has 114 valence electrons. The number of ether oxygens (including phenoxy) is 1. The minimum atomic E-state index is -0.158. The van der Waals surface area contributed by atoms with Crippen molar-refractivity contribution in [3.05, 3.63) is 0 Å². The molecule has 0 aliphatic carbocycles. The fourth-order valence-electron chi connectivity index (χ4n) is 2.30. The zero-order valence-corrected chi connectivity index (χ0v) is 12.8. The maximum atomic E-state index is 10.9. The molecule has 0 bridgehead atoms. The molecule has 0 aromatic rings. The molecule has 0 radical (unpaired) electrons. The molecule has 0 aromatic heterocycles. The molecule has 0 aromatic carbocycles. The SMILES string of the molecule is CCC(CCCCCCCCCCCO)OC(C)=O. The molecule has 1 unspecified atom stereocenters. The van der Waals surface area contributed by atoms with Crippen LogP contribution in [-0.4, -0.2) is 23.8 Å². The van der Waals surface area contributed by atoms with Crippen LogP contribution in [0.25, 0.3) is 0 Å². The lowest BCUT2D eigenvalue weighted by Gasteiger charge is -2.14. The predicted octanol–water partition coefficient (Wildman–Crippen LogP) is 4.22. The van der Waals surface area contributed by atoms with Crippen LogP contribution in [0.3, 0.4) is 0 Å². The number of rotatable bonds is 13. The van der Waals surface area contributed by atoms with Gasteiger partial charge in [-0.2, -0.15) is 0 Å². The van der Waals surface area contributed by atoms with Crippen molar-refractivity contribution in [2.24, 2.45) is 0 Å². The number of hydrogen-bond donors (Lipinski definition) is 1. The van der Waals surface area contributed by atoms with Crippen LogP contribution in [0.5, 0.6) is 0 Å². The summed E-state index contributed by atoms with van der Waals surface area (Å²) < 4.78 is 5.22. The molecule has 19 heavy (non-hydrogen) atoms. The van der Waals surface area contributed by atoms with Crippen LogP contribution in [0.4, 0.5) is 0 Å². The molecule has 0 aliphatic heterocycles. The van der Waals surface area contributed by atoms with Gasteiger partial charge in [0.05, 0.1) is 0 Å². The minimum Gasteiger partial charge on any atom is -0.463 e. The molecule has 3 heteroatoms. The highest BCUT2D eigenvalue weighted by Crippen LogP contribution is 2.13. The van der Waals surface area contributed by atoms with Gasteiger partial charge < -0.3 is 9.84 Å². The molecule has 0 saturated heterocycles. The van der Waals surface area contributed by atoms with Crippen molar-refractivity contribution >= 4 is 5.97 Å². The maximum Gasteiger partial charge on any atom is 0.302 e. The molecule has 0 spiro atoms. The van der Waals surface area contributed by atoms with Crippen LogP contribution in [0.15, 0.2) is 0 Å². The van der Waals surface area contributed by atoms with E-state index in [1.54, 1.807) is 0 Å². The van der Waals surface area contributed by atoms with E-state index >= 15 is 0 Å². The smallest absolute Gasteiger partial charge is 0.302 e. The summed E-state index contributed by atoms with van der Waals surface area (Å²) in [5.41, 5.74) is 0. The lowest BCUT2D eigenvalue weighted by molar-refractivity contribution is -0.146. The van der Waals surface area contributed by atoms with Gasteiger partial charge in [-0.05, 0) is 25.7 Å². The van der Waals surface area contributed by atoms with Crippen molar-refractivity contribution < 1.29 is 14.6 Å². The van der Waals surface area contributed by atoms with Gasteiger partial charge in [-0.3, -0.25) is 4.79 Å². The molecule has 0 rings (SSSR count). The van der Waals surface area contributed by atoms with E-state index in [0.717, 1.165) is 32.1 Å². The van der Waals surface area contributed by atoms with E-state index in [4.69, 9.17) is 9.84 Å². The van der Waals surface area contributed by atoms with Gasteiger partial charge in [-0.15, -0.1) is 0 Å². The Labute approximate surface area is 118 Å². The van der Waals surface area contributed by atoms with Gasteiger partial charge in [0, 0.05) is 13.5 Å². The third-order valence-electron chi connectivity index (χ3n) is 3.47. The van der Waals surface area contributed by atoms with Crippen molar-refractivity contribution in [3.63, 3.8) is 0 Å². The predicted molar refractivity (Wildman–Crippen MR) is 79.1 cm³/mol. The number of esters is 1. The first-order valence-electron chi connectivity index (χ1n) is 7.98. The molecule has 0 aliphatic rings. The van der Waals surface area contributed by atoms with E-state index in [9.17, 15) is 4.79 Å². The number of unbranched alkanes of at least 4 members (excludes halogenated alkanes) is 8. The molecule has 0 saturated carbocycles. The van der Waals surface area contributed by atoms with Gasteiger partial charge in [0.2, 0.25) is 0 Å². The number of carbonyl (C=O) groups is 1. The first-order valence-corrected chi connectivity index (χ1v) is 7.98. The summed E-state index contributed by atoms with van der Waals surface area (Å²) >= 11 is 0. The van der Waals surface area contributed by atoms with Crippen molar-refractivity contribution in [2.75, 3.05) is 6.61 Å². The zero-order chi connectivity index (χ0) is 14.3. The Morgan fingerprint density at radius 2 is 1.42 bits per heavy atom. The van der Waals surface area contributed by atoms with Gasteiger partial charge in [-0.25, -0.2) is 0 Å². The minimum absolute atomic E-state index is 0.121. The Bertz CT molecular complexity index is 204. The number of aliphatic hydroxyl groups excluding tert-OH is 1. The van der Waals surface area contributed by atoms with Crippen molar-refractivity contribution in [2.45, 2.75) is 90.6 Å². The Kier molecular flexibility index (Phi) is 13.4. The fourth-order valence-corrected chi connectivity index (χ4v) is 2.30. The largest absolute Gasteiger partial charge is 0.463 e. The molecular weight excluding hydrogens is 240 g/mol. The summed E-state index contributed by atoms with van der Waals surface area (Å²) in [6, 6.07) is 0. The summed E-state index contributed by atoms with van der Waals surface area (Å²) in [6.07, 6.45) is 13.0. The number of carbonyl (C=O) groups excluding carboxylic acids is 1. The van der Waals surface area contributed by atoms with Crippen LogP contribution in [-0.2, 0) is 9.53 Å². The van der Waals surface area contributed by atoms with E-state index in [1.165, 1.54) is 45.4 Å². The number of hydrogen-bond acceptors (Lipinski definition) is 3. The van der Waals surface area contributed by atoms with Crippen molar-refractivity contribution in [3.8, 4) is 0 Å². The maximum absolute atomic E-state index is 10.9. The topological polar surface area (TPSA) is 46.5 Å².